The molecule has 0 saturated carbocycles. The van der Waals surface area contributed by atoms with Crippen LogP contribution in [0, 0.1) is 0 Å². The molecule has 1 atom stereocenters. The van der Waals surface area contributed by atoms with Crippen LogP contribution in [0.5, 0.6) is 11.5 Å². The van der Waals surface area contributed by atoms with Crippen LogP contribution in [-0.2, 0) is 9.59 Å². The van der Waals surface area contributed by atoms with Crippen molar-refractivity contribution in [2.75, 3.05) is 18.1 Å². The van der Waals surface area contributed by atoms with Gasteiger partial charge in [0, 0.05) is 10.6 Å². The maximum absolute atomic E-state index is 13.5. The van der Waals surface area contributed by atoms with Crippen molar-refractivity contribution >= 4 is 55.7 Å². The fourth-order valence-electron chi connectivity index (χ4n) is 4.41. The number of ether oxygens (including phenoxy) is 2. The van der Waals surface area contributed by atoms with Gasteiger partial charge in [0.15, 0.2) is 5.13 Å². The zero-order valence-corrected chi connectivity index (χ0v) is 23.1. The van der Waals surface area contributed by atoms with E-state index < -0.39 is 17.7 Å². The molecule has 1 aromatic heterocycles. The fraction of sp³-hybridized carbons (Fsp3) is 0.233. The third kappa shape index (κ3) is 5.35. The van der Waals surface area contributed by atoms with Crippen LogP contribution in [0.25, 0.3) is 16.0 Å². The first-order valence-electron chi connectivity index (χ1n) is 12.7. The van der Waals surface area contributed by atoms with Crippen LogP contribution in [0.4, 0.5) is 5.13 Å². The van der Waals surface area contributed by atoms with Crippen molar-refractivity contribution in [3.63, 3.8) is 0 Å². The second-order valence-electron chi connectivity index (χ2n) is 9.07. The number of aromatic nitrogens is 1. The third-order valence-electron chi connectivity index (χ3n) is 6.24. The Hall–Kier alpha value is -3.88. The van der Waals surface area contributed by atoms with Crippen molar-refractivity contribution in [1.82, 2.24) is 4.98 Å². The van der Waals surface area contributed by atoms with Crippen molar-refractivity contribution in [3.05, 3.63) is 88.5 Å². The van der Waals surface area contributed by atoms with E-state index in [0.29, 0.717) is 51.5 Å². The van der Waals surface area contributed by atoms with Crippen molar-refractivity contribution in [3.8, 4) is 11.5 Å². The molecule has 0 radical (unpaired) electrons. The Morgan fingerprint density at radius 3 is 2.41 bits per heavy atom. The van der Waals surface area contributed by atoms with Gasteiger partial charge in [0.25, 0.3) is 5.78 Å². The zero-order chi connectivity index (χ0) is 27.5. The topological polar surface area (TPSA) is 89.0 Å². The Bertz CT molecular complexity index is 1560. The van der Waals surface area contributed by atoms with Gasteiger partial charge in [-0.15, -0.1) is 0 Å². The average Bonchev–Trinajstić information content (AvgIpc) is 3.48. The Balaban J connectivity index is 1.65. The second kappa shape index (κ2) is 11.5. The number of halogens is 1. The van der Waals surface area contributed by atoms with Gasteiger partial charge in [-0.1, -0.05) is 48.9 Å². The summed E-state index contributed by atoms with van der Waals surface area (Å²) in [6, 6.07) is 18.4. The molecule has 1 aliphatic rings. The van der Waals surface area contributed by atoms with E-state index in [9.17, 15) is 14.7 Å². The van der Waals surface area contributed by atoms with Crippen LogP contribution >= 0.6 is 22.9 Å². The Morgan fingerprint density at radius 1 is 0.974 bits per heavy atom. The molecule has 1 N–H and O–H groups in total. The van der Waals surface area contributed by atoms with E-state index in [1.165, 1.54) is 16.2 Å². The predicted molar refractivity (Wildman–Crippen MR) is 154 cm³/mol. The number of carbonyl (C=O) groups excluding carboxylic acids is 2. The Kier molecular flexibility index (Phi) is 7.86. The first-order valence-corrected chi connectivity index (χ1v) is 13.9. The number of amides is 1. The van der Waals surface area contributed by atoms with E-state index in [1.807, 2.05) is 26.0 Å². The highest BCUT2D eigenvalue weighted by atomic mass is 35.5. The fourth-order valence-corrected chi connectivity index (χ4v) is 5.68. The van der Waals surface area contributed by atoms with E-state index in [1.54, 1.807) is 54.6 Å². The largest absolute Gasteiger partial charge is 0.507 e. The highest BCUT2D eigenvalue weighted by molar-refractivity contribution is 7.22. The quantitative estimate of drug-likeness (QED) is 0.132. The number of hydrogen-bond acceptors (Lipinski definition) is 7. The van der Waals surface area contributed by atoms with E-state index in [-0.39, 0.29) is 11.3 Å². The molecule has 2 heterocycles. The molecule has 0 spiro atoms. The third-order valence-corrected chi connectivity index (χ3v) is 7.49. The molecule has 39 heavy (non-hydrogen) atoms. The van der Waals surface area contributed by atoms with Gasteiger partial charge >= 0.3 is 5.91 Å². The normalized spacial score (nSPS) is 16.7. The van der Waals surface area contributed by atoms with E-state index in [2.05, 4.69) is 4.98 Å². The molecule has 0 bridgehead atoms. The summed E-state index contributed by atoms with van der Waals surface area (Å²) in [4.78, 5) is 33.0. The number of nitrogens with zero attached hydrogens (tertiary/aromatic N) is 2. The summed E-state index contributed by atoms with van der Waals surface area (Å²) < 4.78 is 12.3. The lowest BCUT2D eigenvalue weighted by Crippen LogP contribution is -2.29. The number of aliphatic hydroxyl groups is 1. The molecule has 1 amide bonds. The van der Waals surface area contributed by atoms with E-state index in [0.717, 1.165) is 17.5 Å². The number of fused-ring (bicyclic) bond motifs is 1. The zero-order valence-electron chi connectivity index (χ0n) is 21.5. The lowest BCUT2D eigenvalue weighted by atomic mass is 9.95. The van der Waals surface area contributed by atoms with Crippen LogP contribution in [0.15, 0.2) is 72.3 Å². The monoisotopic (exact) mass is 562 g/mol. The van der Waals surface area contributed by atoms with Crippen molar-refractivity contribution in [1.29, 1.82) is 0 Å². The van der Waals surface area contributed by atoms with Crippen LogP contribution in [0.1, 0.15) is 43.9 Å². The number of thiazole rings is 1. The first kappa shape index (κ1) is 26.7. The first-order chi connectivity index (χ1) is 18.9. The number of ketones is 1. The number of aliphatic hydroxyl groups excluding tert-OH is 1. The summed E-state index contributed by atoms with van der Waals surface area (Å²) in [5.41, 5.74) is 1.65. The molecule has 4 aromatic rings. The van der Waals surface area contributed by atoms with Crippen LogP contribution in [-0.4, -0.2) is 35.0 Å². The SMILES string of the molecule is CCCOc1ccc(/C(O)=C2\C(=O)C(=O)N(c3nc4ccc(Cl)cc4s3)C2c2cccc(OCCC)c2)cc1. The lowest BCUT2D eigenvalue weighted by Gasteiger charge is -2.23. The van der Waals surface area contributed by atoms with Crippen molar-refractivity contribution in [2.45, 2.75) is 32.7 Å². The smallest absolute Gasteiger partial charge is 0.301 e. The summed E-state index contributed by atoms with van der Waals surface area (Å²) in [6.07, 6.45) is 1.69. The van der Waals surface area contributed by atoms with Gasteiger partial charge in [-0.3, -0.25) is 14.5 Å². The van der Waals surface area contributed by atoms with Gasteiger partial charge < -0.3 is 14.6 Å². The molecule has 1 aliphatic heterocycles. The predicted octanol–water partition coefficient (Wildman–Crippen LogP) is 7.15. The molecular formula is C30H27ClN2O5S. The van der Waals surface area contributed by atoms with Gasteiger partial charge in [-0.05, 0) is 73.0 Å². The van der Waals surface area contributed by atoms with Gasteiger partial charge in [0.2, 0.25) is 0 Å². The highest BCUT2D eigenvalue weighted by Gasteiger charge is 2.48. The van der Waals surface area contributed by atoms with E-state index in [4.69, 9.17) is 21.1 Å². The average molecular weight is 563 g/mol. The highest BCUT2D eigenvalue weighted by Crippen LogP contribution is 2.45. The standard InChI is InChI=1S/C30H27ClN2O5S/c1-3-14-37-21-11-8-18(9-12-21)27(34)25-26(19-6-5-7-22(16-19)38-15-4-2)33(29(36)28(25)35)30-32-23-13-10-20(31)17-24(23)39-30/h5-13,16-17,26,34H,3-4,14-15H2,1-2H3/b27-25+. The van der Waals surface area contributed by atoms with Gasteiger partial charge in [-0.2, -0.15) is 0 Å². The van der Waals surface area contributed by atoms with Crippen LogP contribution < -0.4 is 14.4 Å². The number of rotatable bonds is 9. The molecule has 1 saturated heterocycles. The summed E-state index contributed by atoms with van der Waals surface area (Å²) in [7, 11) is 0. The van der Waals surface area contributed by atoms with Gasteiger partial charge in [0.05, 0.1) is 35.0 Å². The second-order valence-corrected chi connectivity index (χ2v) is 10.5. The molecule has 5 rings (SSSR count). The molecule has 1 fully saturated rings. The number of Topliss-reactive ketones (excluding diaryl/α,β-unsaturated/α-hetero) is 1. The molecular weight excluding hydrogens is 536 g/mol. The Morgan fingerprint density at radius 2 is 1.69 bits per heavy atom. The van der Waals surface area contributed by atoms with Crippen LogP contribution in [0.3, 0.4) is 0 Å². The lowest BCUT2D eigenvalue weighted by molar-refractivity contribution is -0.132. The molecule has 3 aromatic carbocycles. The Labute approximate surface area is 235 Å². The minimum absolute atomic E-state index is 0.0212. The van der Waals surface area contributed by atoms with Crippen molar-refractivity contribution < 1.29 is 24.2 Å². The van der Waals surface area contributed by atoms with Crippen molar-refractivity contribution in [2.24, 2.45) is 0 Å². The summed E-state index contributed by atoms with van der Waals surface area (Å²) >= 11 is 7.43. The molecule has 1 unspecified atom stereocenters. The van der Waals surface area contributed by atoms with E-state index >= 15 is 0 Å². The van der Waals surface area contributed by atoms with Crippen LogP contribution in [0.2, 0.25) is 5.02 Å². The summed E-state index contributed by atoms with van der Waals surface area (Å²) in [5.74, 6) is -0.574. The molecule has 9 heteroatoms. The minimum atomic E-state index is -0.915. The number of anilines is 1. The molecule has 0 aliphatic carbocycles. The number of benzene rings is 3. The maximum Gasteiger partial charge on any atom is 0.301 e. The van der Waals surface area contributed by atoms with Gasteiger partial charge in [0.1, 0.15) is 17.3 Å². The molecule has 200 valence electrons. The number of hydrogen-bond donors (Lipinski definition) is 1. The summed E-state index contributed by atoms with van der Waals surface area (Å²) in [5, 5.41) is 12.3. The van der Waals surface area contributed by atoms with Gasteiger partial charge in [-0.25, -0.2) is 4.98 Å². The maximum atomic E-state index is 13.5. The summed E-state index contributed by atoms with van der Waals surface area (Å²) in [6.45, 7) is 5.12. The molecule has 7 nitrogen and oxygen atoms in total. The minimum Gasteiger partial charge on any atom is -0.507 e. The number of carbonyl (C=O) groups is 2.